The predicted octanol–water partition coefficient (Wildman–Crippen LogP) is 3.23. The van der Waals surface area contributed by atoms with Gasteiger partial charge < -0.3 is 15.0 Å². The number of hydrogen-bond acceptors (Lipinski definition) is 6. The number of nitro groups is 1. The van der Waals surface area contributed by atoms with Crippen molar-refractivity contribution in [3.8, 4) is 5.75 Å². The lowest BCUT2D eigenvalue weighted by molar-refractivity contribution is -0.384. The van der Waals surface area contributed by atoms with E-state index in [1.54, 1.807) is 4.90 Å². The zero-order valence-corrected chi connectivity index (χ0v) is 16.4. The first kappa shape index (κ1) is 20.1. The third-order valence-corrected chi connectivity index (χ3v) is 4.94. The number of ether oxygens (including phenoxy) is 1. The molecule has 156 valence electrons. The number of carbonyl (C=O) groups excluding carboxylic acids is 2. The Morgan fingerprint density at radius 2 is 1.65 bits per heavy atom. The SMILES string of the molecule is O=C(CN1CC(=O)Oc2cc([N+](=O)[O-])ccc21)NC(c1ccccc1)c1ccccc1. The van der Waals surface area contributed by atoms with Crippen LogP contribution < -0.4 is 15.0 Å². The molecule has 0 atom stereocenters. The lowest BCUT2D eigenvalue weighted by Gasteiger charge is -2.30. The third-order valence-electron chi connectivity index (χ3n) is 4.94. The average Bonchev–Trinajstić information content (AvgIpc) is 2.78. The highest BCUT2D eigenvalue weighted by Gasteiger charge is 2.28. The molecule has 1 N–H and O–H groups in total. The second kappa shape index (κ2) is 8.66. The van der Waals surface area contributed by atoms with E-state index < -0.39 is 10.9 Å². The number of esters is 1. The molecular weight excluding hydrogens is 398 g/mol. The summed E-state index contributed by atoms with van der Waals surface area (Å²) in [5.41, 5.74) is 2.12. The molecule has 0 unspecified atom stereocenters. The van der Waals surface area contributed by atoms with Crippen molar-refractivity contribution >= 4 is 23.3 Å². The first-order valence-electron chi connectivity index (χ1n) is 9.64. The van der Waals surface area contributed by atoms with Crippen LogP contribution in [0.5, 0.6) is 5.75 Å². The Kier molecular flexibility index (Phi) is 5.61. The van der Waals surface area contributed by atoms with Crippen LogP contribution in [0.3, 0.4) is 0 Å². The molecule has 0 spiro atoms. The zero-order chi connectivity index (χ0) is 21.8. The summed E-state index contributed by atoms with van der Waals surface area (Å²) in [6.07, 6.45) is 0. The van der Waals surface area contributed by atoms with Gasteiger partial charge in [0.1, 0.15) is 6.54 Å². The zero-order valence-electron chi connectivity index (χ0n) is 16.4. The van der Waals surface area contributed by atoms with Gasteiger partial charge in [-0.3, -0.25) is 14.9 Å². The van der Waals surface area contributed by atoms with Crippen molar-refractivity contribution in [3.63, 3.8) is 0 Å². The summed E-state index contributed by atoms with van der Waals surface area (Å²) >= 11 is 0. The van der Waals surface area contributed by atoms with Gasteiger partial charge in [-0.1, -0.05) is 60.7 Å². The van der Waals surface area contributed by atoms with E-state index in [1.807, 2.05) is 60.7 Å². The van der Waals surface area contributed by atoms with E-state index in [-0.39, 0.29) is 36.5 Å². The Morgan fingerprint density at radius 1 is 1.03 bits per heavy atom. The minimum absolute atomic E-state index is 0.0703. The van der Waals surface area contributed by atoms with Gasteiger partial charge >= 0.3 is 5.97 Å². The van der Waals surface area contributed by atoms with Crippen LogP contribution in [0.4, 0.5) is 11.4 Å². The Hall–Kier alpha value is -4.20. The van der Waals surface area contributed by atoms with Crippen LogP contribution in [0.2, 0.25) is 0 Å². The summed E-state index contributed by atoms with van der Waals surface area (Å²) in [7, 11) is 0. The van der Waals surface area contributed by atoms with Crippen LogP contribution in [0.1, 0.15) is 17.2 Å². The number of nitrogens with one attached hydrogen (secondary N) is 1. The van der Waals surface area contributed by atoms with Crippen molar-refractivity contribution < 1.29 is 19.2 Å². The first-order valence-corrected chi connectivity index (χ1v) is 9.64. The Labute approximate surface area is 178 Å². The van der Waals surface area contributed by atoms with Gasteiger partial charge in [-0.2, -0.15) is 0 Å². The van der Waals surface area contributed by atoms with Gasteiger partial charge in [0.15, 0.2) is 5.75 Å². The minimum atomic E-state index is -0.580. The molecule has 31 heavy (non-hydrogen) atoms. The second-order valence-electron chi connectivity index (χ2n) is 7.06. The number of nitrogens with zero attached hydrogens (tertiary/aromatic N) is 2. The number of non-ortho nitro benzene ring substituents is 1. The monoisotopic (exact) mass is 417 g/mol. The molecule has 1 aliphatic rings. The van der Waals surface area contributed by atoms with Gasteiger partial charge in [-0.25, -0.2) is 4.79 Å². The predicted molar refractivity (Wildman–Crippen MR) is 114 cm³/mol. The number of benzene rings is 3. The molecule has 0 aliphatic carbocycles. The normalized spacial score (nSPS) is 12.8. The highest BCUT2D eigenvalue weighted by Crippen LogP contribution is 2.35. The van der Waals surface area contributed by atoms with Crippen LogP contribution in [-0.4, -0.2) is 29.9 Å². The molecule has 0 fully saturated rings. The fraction of sp³-hybridized carbons (Fsp3) is 0.130. The topological polar surface area (TPSA) is 102 Å². The van der Waals surface area contributed by atoms with Crippen LogP contribution in [0.25, 0.3) is 0 Å². The highest BCUT2D eigenvalue weighted by atomic mass is 16.6. The average molecular weight is 417 g/mol. The number of fused-ring (bicyclic) bond motifs is 1. The first-order chi connectivity index (χ1) is 15.0. The van der Waals surface area contributed by atoms with Gasteiger partial charge in [-0.05, 0) is 17.2 Å². The quantitative estimate of drug-likeness (QED) is 0.286. The molecule has 3 aromatic carbocycles. The van der Waals surface area contributed by atoms with Crippen molar-refractivity contribution in [2.45, 2.75) is 6.04 Å². The van der Waals surface area contributed by atoms with Gasteiger partial charge in [0.2, 0.25) is 5.91 Å². The fourth-order valence-corrected chi connectivity index (χ4v) is 3.53. The van der Waals surface area contributed by atoms with E-state index in [2.05, 4.69) is 5.32 Å². The van der Waals surface area contributed by atoms with Gasteiger partial charge in [0.25, 0.3) is 5.69 Å². The summed E-state index contributed by atoms with van der Waals surface area (Å²) in [6, 6.07) is 22.8. The molecule has 1 aliphatic heterocycles. The Bertz CT molecular complexity index is 1080. The summed E-state index contributed by atoms with van der Waals surface area (Å²) in [5.74, 6) is -0.805. The van der Waals surface area contributed by atoms with E-state index in [0.717, 1.165) is 11.1 Å². The second-order valence-corrected chi connectivity index (χ2v) is 7.06. The van der Waals surface area contributed by atoms with E-state index in [4.69, 9.17) is 4.74 Å². The highest BCUT2D eigenvalue weighted by molar-refractivity contribution is 5.90. The van der Waals surface area contributed by atoms with Crippen molar-refractivity contribution in [2.75, 3.05) is 18.0 Å². The molecule has 8 nitrogen and oxygen atoms in total. The Morgan fingerprint density at radius 3 is 2.23 bits per heavy atom. The maximum absolute atomic E-state index is 12.9. The lowest BCUT2D eigenvalue weighted by atomic mass is 9.98. The number of anilines is 1. The molecule has 0 aromatic heterocycles. The summed E-state index contributed by atoms with van der Waals surface area (Å²) < 4.78 is 5.14. The number of amides is 1. The van der Waals surface area contributed by atoms with E-state index in [9.17, 15) is 19.7 Å². The number of carbonyl (C=O) groups is 2. The van der Waals surface area contributed by atoms with Crippen molar-refractivity contribution in [1.82, 2.24) is 5.32 Å². The summed E-state index contributed by atoms with van der Waals surface area (Å²) in [6.45, 7) is -0.227. The smallest absolute Gasteiger partial charge is 0.331 e. The standard InChI is InChI=1S/C23H19N3O5/c27-21(24-23(16-7-3-1-4-8-16)17-9-5-2-6-10-17)14-25-15-22(28)31-20-13-18(26(29)30)11-12-19(20)25/h1-13,23H,14-15H2,(H,24,27). The number of hydrogen-bond donors (Lipinski definition) is 1. The third kappa shape index (κ3) is 4.53. The molecule has 8 heteroatoms. The summed E-state index contributed by atoms with van der Waals surface area (Å²) in [4.78, 5) is 36.9. The largest absolute Gasteiger partial charge is 0.423 e. The fourth-order valence-electron chi connectivity index (χ4n) is 3.53. The molecule has 0 saturated carbocycles. The Balaban J connectivity index is 1.56. The van der Waals surface area contributed by atoms with Crippen LogP contribution >= 0.6 is 0 Å². The van der Waals surface area contributed by atoms with E-state index in [0.29, 0.717) is 5.69 Å². The maximum atomic E-state index is 12.9. The van der Waals surface area contributed by atoms with Gasteiger partial charge in [0, 0.05) is 6.07 Å². The van der Waals surface area contributed by atoms with Crippen LogP contribution in [0.15, 0.2) is 78.9 Å². The van der Waals surface area contributed by atoms with Gasteiger partial charge in [0.05, 0.1) is 29.3 Å². The molecule has 1 amide bonds. The molecule has 0 saturated heterocycles. The number of rotatable bonds is 6. The van der Waals surface area contributed by atoms with Crippen molar-refractivity contribution in [1.29, 1.82) is 0 Å². The van der Waals surface area contributed by atoms with Crippen molar-refractivity contribution in [3.05, 3.63) is 100 Å². The molecule has 3 aromatic rings. The van der Waals surface area contributed by atoms with Crippen LogP contribution in [-0.2, 0) is 9.59 Å². The molecular formula is C23H19N3O5. The lowest BCUT2D eigenvalue weighted by Crippen LogP contribution is -2.44. The maximum Gasteiger partial charge on any atom is 0.331 e. The number of nitro benzene ring substituents is 1. The molecule has 4 rings (SSSR count). The van der Waals surface area contributed by atoms with Crippen molar-refractivity contribution in [2.24, 2.45) is 0 Å². The molecule has 0 radical (unpaired) electrons. The molecule has 0 bridgehead atoms. The van der Waals surface area contributed by atoms with E-state index >= 15 is 0 Å². The minimum Gasteiger partial charge on any atom is -0.423 e. The van der Waals surface area contributed by atoms with Crippen LogP contribution in [0, 0.1) is 10.1 Å². The van der Waals surface area contributed by atoms with E-state index in [1.165, 1.54) is 18.2 Å². The summed E-state index contributed by atoms with van der Waals surface area (Å²) in [5, 5.41) is 14.0. The molecule has 1 heterocycles. The van der Waals surface area contributed by atoms with Gasteiger partial charge in [-0.15, -0.1) is 0 Å².